The summed E-state index contributed by atoms with van der Waals surface area (Å²) < 4.78 is 0. The zero-order chi connectivity index (χ0) is 11.2. The van der Waals surface area contributed by atoms with Gasteiger partial charge in [-0.1, -0.05) is 13.3 Å². The minimum absolute atomic E-state index is 0.667. The fraction of sp³-hybridized carbons (Fsp3) is 0.667. The lowest BCUT2D eigenvalue weighted by molar-refractivity contribution is 0.530. The Morgan fingerprint density at radius 2 is 2.44 bits per heavy atom. The maximum absolute atomic E-state index is 4.28. The summed E-state index contributed by atoms with van der Waals surface area (Å²) in [4.78, 5) is 8.23. The van der Waals surface area contributed by atoms with E-state index in [1.807, 2.05) is 24.0 Å². The standard InChI is InChI=1S/C12H19N3S/c1-2-7-14-10-4-3-5-11(10)16-12-6-8-13-9-15-12/h6,8-11,14H,2-5,7H2,1H3. The van der Waals surface area contributed by atoms with Crippen LogP contribution in [0, 0.1) is 0 Å². The summed E-state index contributed by atoms with van der Waals surface area (Å²) in [5.41, 5.74) is 0. The first kappa shape index (κ1) is 11.9. The molecule has 2 rings (SSSR count). The van der Waals surface area contributed by atoms with Crippen LogP contribution in [0.2, 0.25) is 0 Å². The van der Waals surface area contributed by atoms with E-state index in [0.717, 1.165) is 11.6 Å². The van der Waals surface area contributed by atoms with Gasteiger partial charge in [0.2, 0.25) is 0 Å². The minimum atomic E-state index is 0.667. The molecule has 0 bridgehead atoms. The Morgan fingerprint density at radius 1 is 1.50 bits per heavy atom. The molecule has 0 aliphatic heterocycles. The van der Waals surface area contributed by atoms with Crippen molar-refractivity contribution in [1.29, 1.82) is 0 Å². The van der Waals surface area contributed by atoms with Gasteiger partial charge in [0.25, 0.3) is 0 Å². The molecule has 88 valence electrons. The Balaban J connectivity index is 1.88. The minimum Gasteiger partial charge on any atom is -0.313 e. The third kappa shape index (κ3) is 3.19. The van der Waals surface area contributed by atoms with Gasteiger partial charge < -0.3 is 5.32 Å². The summed E-state index contributed by atoms with van der Waals surface area (Å²) in [7, 11) is 0. The monoisotopic (exact) mass is 237 g/mol. The molecular weight excluding hydrogens is 218 g/mol. The van der Waals surface area contributed by atoms with E-state index >= 15 is 0 Å². The van der Waals surface area contributed by atoms with Crippen molar-refractivity contribution >= 4 is 11.8 Å². The fourth-order valence-electron chi connectivity index (χ4n) is 2.13. The lowest BCUT2D eigenvalue weighted by Gasteiger charge is -2.19. The van der Waals surface area contributed by atoms with Crippen molar-refractivity contribution in [2.45, 2.75) is 48.9 Å². The average molecular weight is 237 g/mol. The van der Waals surface area contributed by atoms with Crippen molar-refractivity contribution in [2.24, 2.45) is 0 Å². The van der Waals surface area contributed by atoms with E-state index in [1.165, 1.54) is 25.7 Å². The highest BCUT2D eigenvalue weighted by atomic mass is 32.2. The van der Waals surface area contributed by atoms with Gasteiger partial charge in [0, 0.05) is 17.5 Å². The van der Waals surface area contributed by atoms with Gasteiger partial charge in [-0.2, -0.15) is 0 Å². The van der Waals surface area contributed by atoms with Crippen LogP contribution in [-0.4, -0.2) is 27.8 Å². The molecule has 1 aromatic rings. The SMILES string of the molecule is CCCNC1CCCC1Sc1ccncn1. The number of thioether (sulfide) groups is 1. The number of nitrogens with zero attached hydrogens (tertiary/aromatic N) is 2. The van der Waals surface area contributed by atoms with Gasteiger partial charge in [0.1, 0.15) is 6.33 Å². The third-order valence-corrected chi connectivity index (χ3v) is 4.29. The molecule has 1 aliphatic carbocycles. The molecule has 0 amide bonds. The molecule has 1 heterocycles. The van der Waals surface area contributed by atoms with Crippen molar-refractivity contribution in [3.63, 3.8) is 0 Å². The van der Waals surface area contributed by atoms with E-state index in [2.05, 4.69) is 22.2 Å². The average Bonchev–Trinajstić information content (AvgIpc) is 2.75. The zero-order valence-electron chi connectivity index (χ0n) is 9.72. The van der Waals surface area contributed by atoms with Crippen molar-refractivity contribution < 1.29 is 0 Å². The highest BCUT2D eigenvalue weighted by Gasteiger charge is 2.27. The van der Waals surface area contributed by atoms with Gasteiger partial charge in [0.05, 0.1) is 5.03 Å². The molecule has 1 N–H and O–H groups in total. The normalized spacial score (nSPS) is 24.8. The van der Waals surface area contributed by atoms with E-state index < -0.39 is 0 Å². The molecule has 0 spiro atoms. The second-order valence-electron chi connectivity index (χ2n) is 4.20. The molecular formula is C12H19N3S. The molecule has 0 saturated heterocycles. The topological polar surface area (TPSA) is 37.8 Å². The van der Waals surface area contributed by atoms with Gasteiger partial charge in [-0.15, -0.1) is 11.8 Å². The highest BCUT2D eigenvalue weighted by Crippen LogP contribution is 2.33. The first-order valence-electron chi connectivity index (χ1n) is 6.06. The summed E-state index contributed by atoms with van der Waals surface area (Å²) in [6.07, 6.45) is 8.61. The lowest BCUT2D eigenvalue weighted by atomic mass is 10.2. The smallest absolute Gasteiger partial charge is 0.116 e. The summed E-state index contributed by atoms with van der Waals surface area (Å²) in [6.45, 7) is 3.35. The molecule has 1 aliphatic rings. The molecule has 0 aromatic carbocycles. The Hall–Kier alpha value is -0.610. The predicted octanol–water partition coefficient (Wildman–Crippen LogP) is 2.49. The van der Waals surface area contributed by atoms with E-state index in [1.54, 1.807) is 6.33 Å². The molecule has 0 radical (unpaired) electrons. The van der Waals surface area contributed by atoms with Crippen molar-refractivity contribution in [2.75, 3.05) is 6.54 Å². The van der Waals surface area contributed by atoms with Gasteiger partial charge >= 0.3 is 0 Å². The molecule has 1 aromatic heterocycles. The Kier molecular flexibility index (Phi) is 4.60. The second-order valence-corrected chi connectivity index (χ2v) is 5.45. The number of rotatable bonds is 5. The molecule has 2 unspecified atom stereocenters. The first-order chi connectivity index (χ1) is 7.90. The Morgan fingerprint density at radius 3 is 3.19 bits per heavy atom. The maximum atomic E-state index is 4.28. The van der Waals surface area contributed by atoms with Crippen LogP contribution in [-0.2, 0) is 0 Å². The Bertz CT molecular complexity index is 304. The van der Waals surface area contributed by atoms with Gasteiger partial charge in [0.15, 0.2) is 0 Å². The van der Waals surface area contributed by atoms with Crippen molar-refractivity contribution in [3.05, 3.63) is 18.6 Å². The van der Waals surface area contributed by atoms with Crippen molar-refractivity contribution in [1.82, 2.24) is 15.3 Å². The van der Waals surface area contributed by atoms with E-state index in [4.69, 9.17) is 0 Å². The quantitative estimate of drug-likeness (QED) is 0.798. The van der Waals surface area contributed by atoms with Crippen LogP contribution in [0.5, 0.6) is 0 Å². The number of hydrogen-bond donors (Lipinski definition) is 1. The maximum Gasteiger partial charge on any atom is 0.116 e. The Labute approximate surface area is 101 Å². The van der Waals surface area contributed by atoms with Gasteiger partial charge in [-0.05, 0) is 31.9 Å². The van der Waals surface area contributed by atoms with Crippen LogP contribution in [0.3, 0.4) is 0 Å². The zero-order valence-corrected chi connectivity index (χ0v) is 10.5. The second kappa shape index (κ2) is 6.21. The van der Waals surface area contributed by atoms with E-state index in [9.17, 15) is 0 Å². The van der Waals surface area contributed by atoms with E-state index in [0.29, 0.717) is 11.3 Å². The molecule has 16 heavy (non-hydrogen) atoms. The summed E-state index contributed by atoms with van der Waals surface area (Å²) in [6, 6.07) is 2.67. The van der Waals surface area contributed by atoms with Crippen LogP contribution in [0.4, 0.5) is 0 Å². The predicted molar refractivity (Wildman–Crippen MR) is 67.6 cm³/mol. The molecule has 1 saturated carbocycles. The number of aromatic nitrogens is 2. The van der Waals surface area contributed by atoms with Gasteiger partial charge in [-0.25, -0.2) is 9.97 Å². The van der Waals surface area contributed by atoms with E-state index in [-0.39, 0.29) is 0 Å². The fourth-order valence-corrected chi connectivity index (χ4v) is 3.37. The summed E-state index contributed by atoms with van der Waals surface area (Å²) >= 11 is 1.90. The van der Waals surface area contributed by atoms with Crippen LogP contribution in [0.1, 0.15) is 32.6 Å². The molecule has 3 nitrogen and oxygen atoms in total. The molecule has 4 heteroatoms. The van der Waals surface area contributed by atoms with Gasteiger partial charge in [-0.3, -0.25) is 0 Å². The number of nitrogens with one attached hydrogen (secondary N) is 1. The van der Waals surface area contributed by atoms with Crippen LogP contribution >= 0.6 is 11.8 Å². The molecule has 1 fully saturated rings. The molecule has 2 atom stereocenters. The largest absolute Gasteiger partial charge is 0.313 e. The first-order valence-corrected chi connectivity index (χ1v) is 6.94. The highest BCUT2D eigenvalue weighted by molar-refractivity contribution is 7.99. The van der Waals surface area contributed by atoms with Crippen LogP contribution < -0.4 is 5.32 Å². The van der Waals surface area contributed by atoms with Crippen LogP contribution in [0.15, 0.2) is 23.6 Å². The third-order valence-electron chi connectivity index (χ3n) is 2.94. The summed E-state index contributed by atoms with van der Waals surface area (Å²) in [5, 5.41) is 5.42. The van der Waals surface area contributed by atoms with Crippen LogP contribution in [0.25, 0.3) is 0 Å². The summed E-state index contributed by atoms with van der Waals surface area (Å²) in [5.74, 6) is 0. The van der Waals surface area contributed by atoms with Crippen molar-refractivity contribution in [3.8, 4) is 0 Å². The number of hydrogen-bond acceptors (Lipinski definition) is 4. The lowest BCUT2D eigenvalue weighted by Crippen LogP contribution is -2.34.